The summed E-state index contributed by atoms with van der Waals surface area (Å²) in [5.74, 6) is 0.770. The van der Waals surface area contributed by atoms with Crippen LogP contribution < -0.4 is 10.6 Å². The van der Waals surface area contributed by atoms with Gasteiger partial charge in [-0.05, 0) is 45.0 Å². The molecule has 0 saturated carbocycles. The summed E-state index contributed by atoms with van der Waals surface area (Å²) in [6.45, 7) is 3.21. The molecule has 102 valence electrons. The zero-order chi connectivity index (χ0) is 13.8. The van der Waals surface area contributed by atoms with Crippen molar-refractivity contribution in [3.05, 3.63) is 23.8 Å². The lowest BCUT2D eigenvalue weighted by Crippen LogP contribution is -2.37. The summed E-state index contributed by atoms with van der Waals surface area (Å²) in [5.41, 5.74) is 8.28. The molecule has 1 aliphatic rings. The number of nitrogens with two attached hydrogens (primary N) is 1. The molecule has 0 spiro atoms. The predicted molar refractivity (Wildman–Crippen MR) is 79.1 cm³/mol. The van der Waals surface area contributed by atoms with Gasteiger partial charge in [0.2, 0.25) is 0 Å². The Labute approximate surface area is 115 Å². The van der Waals surface area contributed by atoms with E-state index in [4.69, 9.17) is 11.0 Å². The fourth-order valence-electron chi connectivity index (χ4n) is 2.80. The van der Waals surface area contributed by atoms with Crippen molar-refractivity contribution >= 4 is 11.4 Å². The third kappa shape index (κ3) is 3.18. The standard InChI is InChI=1S/C15H22N4/c1-18(2)11-12-6-8-19(9-7-12)14-5-3-4-13(10-16)15(14)17/h3-5,12H,6-9,11,17H2,1-2H3. The highest BCUT2D eigenvalue weighted by Crippen LogP contribution is 2.30. The molecule has 1 aromatic carbocycles. The zero-order valence-corrected chi connectivity index (χ0v) is 11.8. The van der Waals surface area contributed by atoms with E-state index in [0.717, 1.165) is 31.2 Å². The minimum atomic E-state index is 0.577. The van der Waals surface area contributed by atoms with Gasteiger partial charge < -0.3 is 15.5 Å². The monoisotopic (exact) mass is 258 g/mol. The molecule has 2 rings (SSSR count). The normalized spacial score (nSPS) is 16.6. The van der Waals surface area contributed by atoms with Crippen molar-refractivity contribution < 1.29 is 0 Å². The van der Waals surface area contributed by atoms with Crippen LogP contribution in [-0.2, 0) is 0 Å². The lowest BCUT2D eigenvalue weighted by atomic mass is 9.95. The summed E-state index contributed by atoms with van der Waals surface area (Å²) in [6.07, 6.45) is 2.38. The quantitative estimate of drug-likeness (QED) is 0.842. The Balaban J connectivity index is 2.04. The van der Waals surface area contributed by atoms with Crippen molar-refractivity contribution in [2.45, 2.75) is 12.8 Å². The van der Waals surface area contributed by atoms with Crippen LogP contribution in [0.15, 0.2) is 18.2 Å². The van der Waals surface area contributed by atoms with Crippen LogP contribution in [0, 0.1) is 17.2 Å². The van der Waals surface area contributed by atoms with Crippen LogP contribution in [0.3, 0.4) is 0 Å². The van der Waals surface area contributed by atoms with E-state index in [-0.39, 0.29) is 0 Å². The Hall–Kier alpha value is -1.73. The zero-order valence-electron chi connectivity index (χ0n) is 11.8. The molecule has 0 aromatic heterocycles. The van der Waals surface area contributed by atoms with Gasteiger partial charge in [-0.15, -0.1) is 0 Å². The van der Waals surface area contributed by atoms with E-state index < -0.39 is 0 Å². The lowest BCUT2D eigenvalue weighted by Gasteiger charge is -2.35. The number of hydrogen-bond acceptors (Lipinski definition) is 4. The SMILES string of the molecule is CN(C)CC1CCN(c2cccc(C#N)c2N)CC1. The van der Waals surface area contributed by atoms with Gasteiger partial charge in [-0.1, -0.05) is 6.07 Å². The molecule has 1 heterocycles. The number of benzene rings is 1. The molecule has 1 aromatic rings. The van der Waals surface area contributed by atoms with Crippen molar-refractivity contribution in [1.29, 1.82) is 5.26 Å². The van der Waals surface area contributed by atoms with Gasteiger partial charge in [0.05, 0.1) is 16.9 Å². The van der Waals surface area contributed by atoms with Gasteiger partial charge in [-0.2, -0.15) is 5.26 Å². The van der Waals surface area contributed by atoms with Crippen LogP contribution in [0.5, 0.6) is 0 Å². The maximum Gasteiger partial charge on any atom is 0.101 e. The van der Waals surface area contributed by atoms with E-state index in [1.807, 2.05) is 12.1 Å². The second-order valence-electron chi connectivity index (χ2n) is 5.54. The van der Waals surface area contributed by atoms with Crippen LogP contribution in [0.2, 0.25) is 0 Å². The van der Waals surface area contributed by atoms with Crippen molar-refractivity contribution in [3.8, 4) is 6.07 Å². The second kappa shape index (κ2) is 5.94. The Morgan fingerprint density at radius 1 is 1.37 bits per heavy atom. The molecule has 0 radical (unpaired) electrons. The first-order chi connectivity index (χ1) is 9.11. The van der Waals surface area contributed by atoms with Gasteiger partial charge in [0, 0.05) is 19.6 Å². The molecule has 4 nitrogen and oxygen atoms in total. The van der Waals surface area contributed by atoms with Gasteiger partial charge in [-0.25, -0.2) is 0 Å². The smallest absolute Gasteiger partial charge is 0.101 e. The molecule has 0 unspecified atom stereocenters. The van der Waals surface area contributed by atoms with Gasteiger partial charge in [0.1, 0.15) is 6.07 Å². The number of nitrogens with zero attached hydrogens (tertiary/aromatic N) is 3. The highest BCUT2D eigenvalue weighted by molar-refractivity contribution is 5.74. The van der Waals surface area contributed by atoms with Crippen LogP contribution in [0.4, 0.5) is 11.4 Å². The second-order valence-corrected chi connectivity index (χ2v) is 5.54. The molecule has 0 bridgehead atoms. The number of rotatable bonds is 3. The van der Waals surface area contributed by atoms with Gasteiger partial charge >= 0.3 is 0 Å². The van der Waals surface area contributed by atoms with E-state index in [1.54, 1.807) is 6.07 Å². The Morgan fingerprint density at radius 2 is 2.05 bits per heavy atom. The fourth-order valence-corrected chi connectivity index (χ4v) is 2.80. The number of anilines is 2. The van der Waals surface area contributed by atoms with E-state index in [9.17, 15) is 0 Å². The first kappa shape index (κ1) is 13.7. The van der Waals surface area contributed by atoms with Gasteiger partial charge in [0.15, 0.2) is 0 Å². The van der Waals surface area contributed by atoms with Crippen molar-refractivity contribution in [2.24, 2.45) is 5.92 Å². The third-order valence-electron chi connectivity index (χ3n) is 3.78. The van der Waals surface area contributed by atoms with Crippen molar-refractivity contribution in [1.82, 2.24) is 4.90 Å². The summed E-state index contributed by atoms with van der Waals surface area (Å²) in [7, 11) is 4.25. The van der Waals surface area contributed by atoms with E-state index in [0.29, 0.717) is 11.3 Å². The maximum atomic E-state index is 9.03. The summed E-state index contributed by atoms with van der Waals surface area (Å²) in [5, 5.41) is 9.03. The molecule has 1 fully saturated rings. The van der Waals surface area contributed by atoms with Crippen LogP contribution in [0.25, 0.3) is 0 Å². The van der Waals surface area contributed by atoms with E-state index >= 15 is 0 Å². The van der Waals surface area contributed by atoms with E-state index in [1.165, 1.54) is 12.8 Å². The van der Waals surface area contributed by atoms with E-state index in [2.05, 4.69) is 30.0 Å². The molecule has 2 N–H and O–H groups in total. The topological polar surface area (TPSA) is 56.3 Å². The average Bonchev–Trinajstić information content (AvgIpc) is 2.39. The summed E-state index contributed by atoms with van der Waals surface area (Å²) in [6, 6.07) is 7.86. The molecule has 0 atom stereocenters. The van der Waals surface area contributed by atoms with Crippen molar-refractivity contribution in [3.63, 3.8) is 0 Å². The first-order valence-corrected chi connectivity index (χ1v) is 6.80. The predicted octanol–water partition coefficient (Wildman–Crippen LogP) is 1.92. The molecule has 0 aliphatic carbocycles. The summed E-state index contributed by atoms with van der Waals surface area (Å²) in [4.78, 5) is 4.56. The largest absolute Gasteiger partial charge is 0.396 e. The van der Waals surface area contributed by atoms with Crippen molar-refractivity contribution in [2.75, 3.05) is 44.4 Å². The first-order valence-electron chi connectivity index (χ1n) is 6.80. The molecule has 4 heteroatoms. The number of para-hydroxylation sites is 1. The molecule has 0 amide bonds. The molecule has 19 heavy (non-hydrogen) atoms. The third-order valence-corrected chi connectivity index (χ3v) is 3.78. The van der Waals surface area contributed by atoms with Gasteiger partial charge in [-0.3, -0.25) is 0 Å². The number of hydrogen-bond donors (Lipinski definition) is 1. The fraction of sp³-hybridized carbons (Fsp3) is 0.533. The average molecular weight is 258 g/mol. The lowest BCUT2D eigenvalue weighted by molar-refractivity contribution is 0.285. The summed E-state index contributed by atoms with van der Waals surface area (Å²) < 4.78 is 0. The highest BCUT2D eigenvalue weighted by atomic mass is 15.1. The minimum absolute atomic E-state index is 0.577. The molecular weight excluding hydrogens is 236 g/mol. The number of nitrogen functional groups attached to an aromatic ring is 1. The summed E-state index contributed by atoms with van der Waals surface area (Å²) >= 11 is 0. The van der Waals surface area contributed by atoms with Crippen LogP contribution >= 0.6 is 0 Å². The molecule has 1 saturated heterocycles. The number of piperidine rings is 1. The number of nitriles is 1. The Kier molecular flexibility index (Phi) is 4.28. The Morgan fingerprint density at radius 3 is 2.63 bits per heavy atom. The maximum absolute atomic E-state index is 9.03. The molecular formula is C15H22N4. The molecule has 1 aliphatic heterocycles. The minimum Gasteiger partial charge on any atom is -0.396 e. The highest BCUT2D eigenvalue weighted by Gasteiger charge is 2.21. The van der Waals surface area contributed by atoms with Crippen LogP contribution in [0.1, 0.15) is 18.4 Å². The van der Waals surface area contributed by atoms with Gasteiger partial charge in [0.25, 0.3) is 0 Å². The van der Waals surface area contributed by atoms with Crippen LogP contribution in [-0.4, -0.2) is 38.6 Å². The Bertz CT molecular complexity index is 468.